The number of anilines is 2. The van der Waals surface area contributed by atoms with Crippen LogP contribution in [0, 0.1) is 0 Å². The summed E-state index contributed by atoms with van der Waals surface area (Å²) in [5.41, 5.74) is 2.74. The summed E-state index contributed by atoms with van der Waals surface area (Å²) >= 11 is 0. The lowest BCUT2D eigenvalue weighted by molar-refractivity contribution is 0.251. The minimum atomic E-state index is -0.262. The quantitative estimate of drug-likeness (QED) is 0.855. The number of amides is 2. The molecule has 0 aliphatic heterocycles. The van der Waals surface area contributed by atoms with Crippen molar-refractivity contribution in [1.29, 1.82) is 0 Å². The van der Waals surface area contributed by atoms with Crippen LogP contribution in [0.15, 0.2) is 42.5 Å². The molecule has 0 aliphatic rings. The molecule has 0 heterocycles. The van der Waals surface area contributed by atoms with E-state index >= 15 is 0 Å². The molecule has 0 aliphatic carbocycles. The zero-order valence-corrected chi connectivity index (χ0v) is 14.4. The van der Waals surface area contributed by atoms with Crippen LogP contribution in [0.25, 0.3) is 0 Å². The zero-order chi connectivity index (χ0) is 17.5. The molecular formula is C18H23N3O3. The number of nitrogens with zero attached hydrogens (tertiary/aromatic N) is 1. The van der Waals surface area contributed by atoms with E-state index in [2.05, 4.69) is 10.6 Å². The van der Waals surface area contributed by atoms with Gasteiger partial charge in [0.05, 0.1) is 14.2 Å². The monoisotopic (exact) mass is 329 g/mol. The maximum atomic E-state index is 12.0. The fourth-order valence-corrected chi connectivity index (χ4v) is 2.19. The average molecular weight is 329 g/mol. The van der Waals surface area contributed by atoms with E-state index in [4.69, 9.17) is 9.47 Å². The normalized spacial score (nSPS) is 10.0. The second kappa shape index (κ2) is 8.10. The number of hydrogen-bond donors (Lipinski definition) is 2. The molecule has 0 unspecified atom stereocenters. The van der Waals surface area contributed by atoms with Crippen molar-refractivity contribution in [2.75, 3.05) is 38.5 Å². The molecule has 6 nitrogen and oxygen atoms in total. The maximum Gasteiger partial charge on any atom is 0.319 e. The average Bonchev–Trinajstić information content (AvgIpc) is 2.60. The van der Waals surface area contributed by atoms with Gasteiger partial charge >= 0.3 is 6.03 Å². The van der Waals surface area contributed by atoms with E-state index < -0.39 is 0 Å². The number of benzene rings is 2. The topological polar surface area (TPSA) is 62.8 Å². The van der Waals surface area contributed by atoms with Crippen molar-refractivity contribution in [2.24, 2.45) is 0 Å². The number of ether oxygens (including phenoxy) is 2. The molecule has 2 aromatic rings. The third-order valence-electron chi connectivity index (χ3n) is 3.54. The molecule has 0 radical (unpaired) electrons. The molecular weight excluding hydrogens is 306 g/mol. The Hall–Kier alpha value is -2.89. The Kier molecular flexibility index (Phi) is 5.89. The fourth-order valence-electron chi connectivity index (χ4n) is 2.19. The van der Waals surface area contributed by atoms with Gasteiger partial charge in [0.2, 0.25) is 0 Å². The van der Waals surface area contributed by atoms with Gasteiger partial charge in [-0.05, 0) is 42.0 Å². The van der Waals surface area contributed by atoms with Gasteiger partial charge in [0.25, 0.3) is 0 Å². The fraction of sp³-hybridized carbons (Fsp3) is 0.278. The Labute approximate surface area is 142 Å². The van der Waals surface area contributed by atoms with Crippen LogP contribution in [0.3, 0.4) is 0 Å². The highest BCUT2D eigenvalue weighted by Gasteiger charge is 2.06. The lowest BCUT2D eigenvalue weighted by atomic mass is 10.2. The molecule has 2 N–H and O–H groups in total. The summed E-state index contributed by atoms with van der Waals surface area (Å²) in [6, 6.07) is 12.9. The third kappa shape index (κ3) is 4.55. The first-order valence-electron chi connectivity index (χ1n) is 7.56. The molecule has 0 fully saturated rings. The molecule has 24 heavy (non-hydrogen) atoms. The van der Waals surface area contributed by atoms with Crippen LogP contribution in [0.4, 0.5) is 16.2 Å². The lowest BCUT2D eigenvalue weighted by Gasteiger charge is -2.13. The van der Waals surface area contributed by atoms with Crippen molar-refractivity contribution >= 4 is 17.4 Å². The van der Waals surface area contributed by atoms with Gasteiger partial charge in [0, 0.05) is 32.0 Å². The van der Waals surface area contributed by atoms with E-state index in [1.807, 2.05) is 61.5 Å². The second-order valence-corrected chi connectivity index (χ2v) is 5.44. The molecule has 0 saturated carbocycles. The van der Waals surface area contributed by atoms with Gasteiger partial charge < -0.3 is 25.0 Å². The van der Waals surface area contributed by atoms with Crippen LogP contribution in [-0.2, 0) is 6.54 Å². The van der Waals surface area contributed by atoms with E-state index in [0.717, 1.165) is 16.9 Å². The molecule has 0 bridgehead atoms. The Morgan fingerprint density at radius 1 is 1.00 bits per heavy atom. The van der Waals surface area contributed by atoms with Gasteiger partial charge in [-0.25, -0.2) is 4.79 Å². The molecule has 0 saturated heterocycles. The standard InChI is InChI=1S/C18H23N3O3/c1-21(2)15-8-6-14(7-9-15)20-18(22)19-12-13-5-10-16(23-3)17(11-13)24-4/h5-11H,12H2,1-4H3,(H2,19,20,22). The number of nitrogens with one attached hydrogen (secondary N) is 2. The Bertz CT molecular complexity index is 684. The summed E-state index contributed by atoms with van der Waals surface area (Å²) in [6.45, 7) is 0.391. The van der Waals surface area contributed by atoms with Gasteiger partial charge in [-0.1, -0.05) is 6.07 Å². The van der Waals surface area contributed by atoms with E-state index in [1.165, 1.54) is 0 Å². The molecule has 128 valence electrons. The molecule has 0 spiro atoms. The minimum absolute atomic E-state index is 0.262. The van der Waals surface area contributed by atoms with Crippen LogP contribution < -0.4 is 25.0 Å². The van der Waals surface area contributed by atoms with Crippen LogP contribution in [0.2, 0.25) is 0 Å². The lowest BCUT2D eigenvalue weighted by Crippen LogP contribution is -2.28. The van der Waals surface area contributed by atoms with E-state index in [9.17, 15) is 4.79 Å². The Balaban J connectivity index is 1.91. The smallest absolute Gasteiger partial charge is 0.319 e. The predicted octanol–water partition coefficient (Wildman–Crippen LogP) is 3.09. The van der Waals surface area contributed by atoms with Gasteiger partial charge in [-0.2, -0.15) is 0 Å². The molecule has 0 atom stereocenters. The van der Waals surface area contributed by atoms with Crippen molar-refractivity contribution in [3.8, 4) is 11.5 Å². The van der Waals surface area contributed by atoms with Crippen LogP contribution in [-0.4, -0.2) is 34.3 Å². The minimum Gasteiger partial charge on any atom is -0.493 e. The summed E-state index contributed by atoms with van der Waals surface area (Å²) in [4.78, 5) is 14.0. The summed E-state index contributed by atoms with van der Waals surface area (Å²) in [5, 5.41) is 5.62. The third-order valence-corrected chi connectivity index (χ3v) is 3.54. The first kappa shape index (κ1) is 17.5. The van der Waals surface area contributed by atoms with Crippen LogP contribution >= 0.6 is 0 Å². The molecule has 2 rings (SSSR count). The molecule has 2 amide bonds. The van der Waals surface area contributed by atoms with Crippen molar-refractivity contribution in [3.63, 3.8) is 0 Å². The summed E-state index contributed by atoms with van der Waals surface area (Å²) in [5.74, 6) is 1.29. The van der Waals surface area contributed by atoms with E-state index in [0.29, 0.717) is 18.0 Å². The maximum absolute atomic E-state index is 12.0. The van der Waals surface area contributed by atoms with Crippen molar-refractivity contribution in [3.05, 3.63) is 48.0 Å². The summed E-state index contributed by atoms with van der Waals surface area (Å²) in [6.07, 6.45) is 0. The predicted molar refractivity (Wildman–Crippen MR) is 96.2 cm³/mol. The second-order valence-electron chi connectivity index (χ2n) is 5.44. The highest BCUT2D eigenvalue weighted by molar-refractivity contribution is 5.89. The zero-order valence-electron chi connectivity index (χ0n) is 14.4. The highest BCUT2D eigenvalue weighted by Crippen LogP contribution is 2.27. The first-order valence-corrected chi connectivity index (χ1v) is 7.56. The summed E-state index contributed by atoms with van der Waals surface area (Å²) < 4.78 is 10.4. The SMILES string of the molecule is COc1ccc(CNC(=O)Nc2ccc(N(C)C)cc2)cc1OC. The van der Waals surface area contributed by atoms with Gasteiger partial charge in [-0.15, -0.1) is 0 Å². The number of carbonyl (C=O) groups excluding carboxylic acids is 1. The first-order chi connectivity index (χ1) is 11.5. The van der Waals surface area contributed by atoms with Gasteiger partial charge in [0.15, 0.2) is 11.5 Å². The van der Waals surface area contributed by atoms with Crippen molar-refractivity contribution in [2.45, 2.75) is 6.54 Å². The van der Waals surface area contributed by atoms with Crippen LogP contribution in [0.1, 0.15) is 5.56 Å². The van der Waals surface area contributed by atoms with E-state index in [-0.39, 0.29) is 6.03 Å². The molecule has 6 heteroatoms. The van der Waals surface area contributed by atoms with E-state index in [1.54, 1.807) is 14.2 Å². The Morgan fingerprint density at radius 2 is 1.67 bits per heavy atom. The van der Waals surface area contributed by atoms with Crippen molar-refractivity contribution < 1.29 is 14.3 Å². The molecule has 0 aromatic heterocycles. The molecule has 2 aromatic carbocycles. The van der Waals surface area contributed by atoms with Gasteiger partial charge in [0.1, 0.15) is 0 Å². The van der Waals surface area contributed by atoms with Crippen molar-refractivity contribution in [1.82, 2.24) is 5.32 Å². The number of hydrogen-bond acceptors (Lipinski definition) is 4. The Morgan fingerprint density at radius 3 is 2.25 bits per heavy atom. The number of urea groups is 1. The number of methoxy groups -OCH3 is 2. The summed E-state index contributed by atoms with van der Waals surface area (Å²) in [7, 11) is 7.11. The largest absolute Gasteiger partial charge is 0.493 e. The highest BCUT2D eigenvalue weighted by atomic mass is 16.5. The number of rotatable bonds is 6. The number of carbonyl (C=O) groups is 1. The van der Waals surface area contributed by atoms with Gasteiger partial charge in [-0.3, -0.25) is 0 Å². The van der Waals surface area contributed by atoms with Crippen LogP contribution in [0.5, 0.6) is 11.5 Å².